The fourth-order valence-corrected chi connectivity index (χ4v) is 3.89. The number of ether oxygens (including phenoxy) is 1. The molecule has 2 unspecified atom stereocenters. The van der Waals surface area contributed by atoms with Crippen LogP contribution in [0.15, 0.2) is 6.07 Å². The van der Waals surface area contributed by atoms with Gasteiger partial charge in [0.25, 0.3) is 0 Å². The number of alkyl halides is 1. The van der Waals surface area contributed by atoms with E-state index >= 15 is 0 Å². The molecular weight excluding hydrogens is 252 g/mol. The smallest absolute Gasteiger partial charge is 0.0597 e. The van der Waals surface area contributed by atoms with Crippen LogP contribution in [0.2, 0.25) is 0 Å². The van der Waals surface area contributed by atoms with Crippen LogP contribution in [0.3, 0.4) is 0 Å². The number of hydrogen-bond acceptors (Lipinski definition) is 2. The monoisotopic (exact) mass is 272 g/mol. The lowest BCUT2D eigenvalue weighted by atomic mass is 10.0. The SMILES string of the molecule is Cc1cc(C(Cl)CCC2CCCCO2)c(C)s1. The molecule has 2 atom stereocenters. The minimum atomic E-state index is 0.158. The maximum absolute atomic E-state index is 6.50. The van der Waals surface area contributed by atoms with Gasteiger partial charge in [-0.1, -0.05) is 0 Å². The zero-order chi connectivity index (χ0) is 12.3. The van der Waals surface area contributed by atoms with Gasteiger partial charge in [0.05, 0.1) is 11.5 Å². The second-order valence-corrected chi connectivity index (χ2v) is 6.89. The van der Waals surface area contributed by atoms with Crippen molar-refractivity contribution < 1.29 is 4.74 Å². The van der Waals surface area contributed by atoms with Gasteiger partial charge < -0.3 is 4.74 Å². The first-order valence-electron chi connectivity index (χ1n) is 6.49. The summed E-state index contributed by atoms with van der Waals surface area (Å²) in [5, 5.41) is 0.158. The molecule has 0 saturated carbocycles. The van der Waals surface area contributed by atoms with E-state index in [0.29, 0.717) is 6.10 Å². The van der Waals surface area contributed by atoms with E-state index in [9.17, 15) is 0 Å². The number of thiophene rings is 1. The zero-order valence-corrected chi connectivity index (χ0v) is 12.2. The molecule has 0 bridgehead atoms. The molecule has 1 nitrogen and oxygen atoms in total. The van der Waals surface area contributed by atoms with Gasteiger partial charge in [-0.15, -0.1) is 22.9 Å². The Morgan fingerprint density at radius 3 is 2.88 bits per heavy atom. The second-order valence-electron chi connectivity index (χ2n) is 4.90. The summed E-state index contributed by atoms with van der Waals surface area (Å²) in [6.07, 6.45) is 6.33. The predicted molar refractivity (Wildman–Crippen MR) is 75.2 cm³/mol. The Labute approximate surface area is 113 Å². The normalized spacial score (nSPS) is 22.6. The Balaban J connectivity index is 1.84. The van der Waals surface area contributed by atoms with Crippen LogP contribution in [0.5, 0.6) is 0 Å². The van der Waals surface area contributed by atoms with Crippen LogP contribution in [0.4, 0.5) is 0 Å². The van der Waals surface area contributed by atoms with Crippen LogP contribution in [-0.4, -0.2) is 12.7 Å². The third-order valence-electron chi connectivity index (χ3n) is 3.43. The van der Waals surface area contributed by atoms with E-state index in [1.165, 1.54) is 34.6 Å². The number of hydrogen-bond donors (Lipinski definition) is 0. The summed E-state index contributed by atoms with van der Waals surface area (Å²) < 4.78 is 5.74. The minimum Gasteiger partial charge on any atom is -0.378 e. The largest absolute Gasteiger partial charge is 0.378 e. The molecule has 0 amide bonds. The first-order chi connectivity index (χ1) is 8.16. The highest BCUT2D eigenvalue weighted by molar-refractivity contribution is 7.12. The highest BCUT2D eigenvalue weighted by atomic mass is 35.5. The molecule has 1 aliphatic heterocycles. The number of halogens is 1. The first-order valence-corrected chi connectivity index (χ1v) is 7.74. The highest BCUT2D eigenvalue weighted by Crippen LogP contribution is 2.34. The highest BCUT2D eigenvalue weighted by Gasteiger charge is 2.18. The summed E-state index contributed by atoms with van der Waals surface area (Å²) in [7, 11) is 0. The molecule has 17 heavy (non-hydrogen) atoms. The standard InChI is InChI=1S/C14H21ClOS/c1-10-9-13(11(2)17-10)14(15)7-6-12-5-3-4-8-16-12/h9,12,14H,3-8H2,1-2H3. The van der Waals surface area contributed by atoms with Crippen LogP contribution < -0.4 is 0 Å². The predicted octanol–water partition coefficient (Wildman–Crippen LogP) is 4.99. The molecule has 0 spiro atoms. The maximum Gasteiger partial charge on any atom is 0.0597 e. The van der Waals surface area contributed by atoms with Gasteiger partial charge in [0.2, 0.25) is 0 Å². The van der Waals surface area contributed by atoms with Crippen LogP contribution in [0.1, 0.15) is 52.8 Å². The lowest BCUT2D eigenvalue weighted by Crippen LogP contribution is -2.19. The lowest BCUT2D eigenvalue weighted by Gasteiger charge is -2.23. The molecule has 0 radical (unpaired) electrons. The van der Waals surface area contributed by atoms with Gasteiger partial charge in [-0.3, -0.25) is 0 Å². The van der Waals surface area contributed by atoms with Crippen LogP contribution in [0, 0.1) is 13.8 Å². The van der Waals surface area contributed by atoms with E-state index in [4.69, 9.17) is 16.3 Å². The van der Waals surface area contributed by atoms with Crippen molar-refractivity contribution in [2.45, 2.75) is 57.4 Å². The molecule has 3 heteroatoms. The molecule has 1 saturated heterocycles. The van der Waals surface area contributed by atoms with Crippen molar-refractivity contribution in [3.8, 4) is 0 Å². The average Bonchev–Trinajstić information content (AvgIpc) is 2.67. The molecule has 0 N–H and O–H groups in total. The van der Waals surface area contributed by atoms with E-state index in [2.05, 4.69) is 19.9 Å². The van der Waals surface area contributed by atoms with Crippen molar-refractivity contribution in [3.63, 3.8) is 0 Å². The molecule has 1 aromatic rings. The van der Waals surface area contributed by atoms with Crippen molar-refractivity contribution >= 4 is 22.9 Å². The molecule has 1 aromatic heterocycles. The molecule has 96 valence electrons. The topological polar surface area (TPSA) is 9.23 Å². The number of aryl methyl sites for hydroxylation is 2. The molecule has 2 heterocycles. The summed E-state index contributed by atoms with van der Waals surface area (Å²) in [4.78, 5) is 2.73. The number of rotatable bonds is 4. The third kappa shape index (κ3) is 3.70. The van der Waals surface area contributed by atoms with Crippen LogP contribution >= 0.6 is 22.9 Å². The summed E-state index contributed by atoms with van der Waals surface area (Å²) >= 11 is 8.34. The molecular formula is C14H21ClOS. The Hall–Kier alpha value is -0.0500. The quantitative estimate of drug-likeness (QED) is 0.702. The molecule has 0 aromatic carbocycles. The van der Waals surface area contributed by atoms with Gasteiger partial charge in [0.1, 0.15) is 0 Å². The Bertz CT molecular complexity index is 355. The minimum absolute atomic E-state index is 0.158. The van der Waals surface area contributed by atoms with E-state index in [1.807, 2.05) is 11.3 Å². The molecule has 1 fully saturated rings. The van der Waals surface area contributed by atoms with Gasteiger partial charge in [-0.2, -0.15) is 0 Å². The molecule has 1 aliphatic rings. The Morgan fingerprint density at radius 1 is 1.47 bits per heavy atom. The zero-order valence-electron chi connectivity index (χ0n) is 10.7. The van der Waals surface area contributed by atoms with E-state index in [0.717, 1.165) is 19.4 Å². The van der Waals surface area contributed by atoms with E-state index < -0.39 is 0 Å². The summed E-state index contributed by atoms with van der Waals surface area (Å²) in [6.45, 7) is 5.25. The first kappa shape index (κ1) is 13.4. The van der Waals surface area contributed by atoms with Crippen molar-refractivity contribution in [1.29, 1.82) is 0 Å². The van der Waals surface area contributed by atoms with Gasteiger partial charge in [-0.05, 0) is 57.6 Å². The Kier molecular flexibility index (Phi) is 4.89. The lowest BCUT2D eigenvalue weighted by molar-refractivity contribution is 0.0100. The summed E-state index contributed by atoms with van der Waals surface area (Å²) in [5.41, 5.74) is 1.32. The van der Waals surface area contributed by atoms with Gasteiger partial charge in [-0.25, -0.2) is 0 Å². The molecule has 2 rings (SSSR count). The maximum atomic E-state index is 6.50. The Morgan fingerprint density at radius 2 is 2.29 bits per heavy atom. The second kappa shape index (κ2) is 6.21. The van der Waals surface area contributed by atoms with Crippen molar-refractivity contribution in [2.24, 2.45) is 0 Å². The van der Waals surface area contributed by atoms with Crippen molar-refractivity contribution in [3.05, 3.63) is 21.4 Å². The fourth-order valence-electron chi connectivity index (χ4n) is 2.48. The summed E-state index contributed by atoms with van der Waals surface area (Å²) in [6, 6.07) is 2.24. The molecule has 0 aliphatic carbocycles. The van der Waals surface area contributed by atoms with Gasteiger partial charge in [0.15, 0.2) is 0 Å². The van der Waals surface area contributed by atoms with Crippen LogP contribution in [0.25, 0.3) is 0 Å². The van der Waals surface area contributed by atoms with Gasteiger partial charge in [0, 0.05) is 16.4 Å². The van der Waals surface area contributed by atoms with E-state index in [-0.39, 0.29) is 5.38 Å². The van der Waals surface area contributed by atoms with Crippen LogP contribution in [-0.2, 0) is 4.74 Å². The average molecular weight is 273 g/mol. The summed E-state index contributed by atoms with van der Waals surface area (Å²) in [5.74, 6) is 0. The van der Waals surface area contributed by atoms with Gasteiger partial charge >= 0.3 is 0 Å². The van der Waals surface area contributed by atoms with Crippen molar-refractivity contribution in [2.75, 3.05) is 6.61 Å². The van der Waals surface area contributed by atoms with Crippen molar-refractivity contribution in [1.82, 2.24) is 0 Å². The fraction of sp³-hybridized carbons (Fsp3) is 0.714. The van der Waals surface area contributed by atoms with E-state index in [1.54, 1.807) is 0 Å². The third-order valence-corrected chi connectivity index (χ3v) is 4.87.